The van der Waals surface area contributed by atoms with E-state index in [9.17, 15) is 14.7 Å². The molecule has 0 unspecified atom stereocenters. The molecule has 1 aromatic carbocycles. The Morgan fingerprint density at radius 3 is 2.77 bits per heavy atom. The molecular weight excluding hydrogens is 284 g/mol. The predicted octanol–water partition coefficient (Wildman–Crippen LogP) is 0.693. The van der Waals surface area contributed by atoms with Crippen molar-refractivity contribution in [1.29, 1.82) is 0 Å². The van der Waals surface area contributed by atoms with Crippen LogP contribution in [0.3, 0.4) is 0 Å². The molecule has 2 aromatic heterocycles. The first-order chi connectivity index (χ1) is 10.6. The number of hydrogen-bond acceptors (Lipinski definition) is 4. The Morgan fingerprint density at radius 2 is 2.05 bits per heavy atom. The van der Waals surface area contributed by atoms with Crippen LogP contribution in [0.25, 0.3) is 10.9 Å². The SMILES string of the molecule is Cn1c(=O)n(CCCn2ccnc2)c(=O)c2cc(O)ccc21. The van der Waals surface area contributed by atoms with Gasteiger partial charge in [-0.25, -0.2) is 9.78 Å². The molecule has 114 valence electrons. The molecule has 0 aliphatic rings. The van der Waals surface area contributed by atoms with Gasteiger partial charge in [-0.3, -0.25) is 13.9 Å². The lowest BCUT2D eigenvalue weighted by atomic mass is 10.2. The minimum Gasteiger partial charge on any atom is -0.508 e. The number of benzene rings is 1. The van der Waals surface area contributed by atoms with E-state index >= 15 is 0 Å². The molecule has 0 bridgehead atoms. The van der Waals surface area contributed by atoms with Crippen LogP contribution in [0.15, 0.2) is 46.5 Å². The summed E-state index contributed by atoms with van der Waals surface area (Å²) in [6.45, 7) is 0.989. The van der Waals surface area contributed by atoms with Gasteiger partial charge in [-0.15, -0.1) is 0 Å². The predicted molar refractivity (Wildman–Crippen MR) is 82.0 cm³/mol. The van der Waals surface area contributed by atoms with Gasteiger partial charge in [0, 0.05) is 32.5 Å². The lowest BCUT2D eigenvalue weighted by Crippen LogP contribution is -2.39. The van der Waals surface area contributed by atoms with Crippen LogP contribution in [0.2, 0.25) is 0 Å². The molecule has 2 heterocycles. The molecule has 3 rings (SSSR count). The topological polar surface area (TPSA) is 82.0 Å². The van der Waals surface area contributed by atoms with Crippen LogP contribution in [-0.2, 0) is 20.1 Å². The first kappa shape index (κ1) is 14.1. The second-order valence-corrected chi connectivity index (χ2v) is 5.15. The second-order valence-electron chi connectivity index (χ2n) is 5.15. The van der Waals surface area contributed by atoms with Crippen LogP contribution >= 0.6 is 0 Å². The number of nitrogens with zero attached hydrogens (tertiary/aromatic N) is 4. The highest BCUT2D eigenvalue weighted by molar-refractivity contribution is 5.79. The van der Waals surface area contributed by atoms with Crippen molar-refractivity contribution >= 4 is 10.9 Å². The van der Waals surface area contributed by atoms with Crippen molar-refractivity contribution in [3.05, 3.63) is 57.8 Å². The Hall–Kier alpha value is -2.83. The van der Waals surface area contributed by atoms with Crippen LogP contribution in [0.4, 0.5) is 0 Å². The fraction of sp³-hybridized carbons (Fsp3) is 0.267. The van der Waals surface area contributed by atoms with E-state index in [0.29, 0.717) is 30.4 Å². The molecule has 0 radical (unpaired) electrons. The third kappa shape index (κ3) is 2.41. The quantitative estimate of drug-likeness (QED) is 0.768. The van der Waals surface area contributed by atoms with Crippen molar-refractivity contribution in [3.63, 3.8) is 0 Å². The Balaban J connectivity index is 1.98. The van der Waals surface area contributed by atoms with Crippen molar-refractivity contribution in [3.8, 4) is 5.75 Å². The lowest BCUT2D eigenvalue weighted by molar-refractivity contribution is 0.475. The van der Waals surface area contributed by atoms with Crippen LogP contribution in [0.5, 0.6) is 5.75 Å². The Kier molecular flexibility index (Phi) is 3.54. The van der Waals surface area contributed by atoms with E-state index in [1.807, 2.05) is 10.8 Å². The molecule has 0 atom stereocenters. The number of phenolic OH excluding ortho intramolecular Hbond substituents is 1. The maximum absolute atomic E-state index is 12.5. The average molecular weight is 300 g/mol. The summed E-state index contributed by atoms with van der Waals surface area (Å²) in [5.74, 6) is 0.00761. The van der Waals surface area contributed by atoms with Crippen molar-refractivity contribution in [1.82, 2.24) is 18.7 Å². The molecule has 0 amide bonds. The number of hydrogen-bond donors (Lipinski definition) is 1. The molecule has 0 spiro atoms. The van der Waals surface area contributed by atoms with E-state index in [1.54, 1.807) is 25.6 Å². The van der Waals surface area contributed by atoms with Crippen LogP contribution < -0.4 is 11.2 Å². The zero-order valence-electron chi connectivity index (χ0n) is 12.1. The molecule has 0 fully saturated rings. The summed E-state index contributed by atoms with van der Waals surface area (Å²) in [6, 6.07) is 4.43. The van der Waals surface area contributed by atoms with Gasteiger partial charge in [0.15, 0.2) is 0 Å². The third-order valence-electron chi connectivity index (χ3n) is 3.69. The fourth-order valence-corrected chi connectivity index (χ4v) is 2.53. The summed E-state index contributed by atoms with van der Waals surface area (Å²) in [6.07, 6.45) is 5.85. The number of fused-ring (bicyclic) bond motifs is 1. The molecule has 3 aromatic rings. The van der Waals surface area contributed by atoms with Gasteiger partial charge in [-0.05, 0) is 24.6 Å². The van der Waals surface area contributed by atoms with E-state index in [4.69, 9.17) is 0 Å². The smallest absolute Gasteiger partial charge is 0.331 e. The number of rotatable bonds is 4. The molecular formula is C15H16N4O3. The van der Waals surface area contributed by atoms with Crippen LogP contribution in [0, 0.1) is 0 Å². The van der Waals surface area contributed by atoms with E-state index in [1.165, 1.54) is 21.3 Å². The van der Waals surface area contributed by atoms with Gasteiger partial charge in [0.05, 0.1) is 17.2 Å². The van der Waals surface area contributed by atoms with Crippen LogP contribution in [-0.4, -0.2) is 23.8 Å². The van der Waals surface area contributed by atoms with Gasteiger partial charge in [-0.2, -0.15) is 0 Å². The van der Waals surface area contributed by atoms with Gasteiger partial charge < -0.3 is 9.67 Å². The van der Waals surface area contributed by atoms with Crippen molar-refractivity contribution in [2.75, 3.05) is 0 Å². The zero-order valence-corrected chi connectivity index (χ0v) is 12.1. The summed E-state index contributed by atoms with van der Waals surface area (Å²) in [5, 5.41) is 9.90. The van der Waals surface area contributed by atoms with Crippen molar-refractivity contribution < 1.29 is 5.11 Å². The lowest BCUT2D eigenvalue weighted by Gasteiger charge is -2.11. The molecule has 0 aliphatic heterocycles. The minimum absolute atomic E-state index is 0.00761. The maximum Gasteiger partial charge on any atom is 0.331 e. The Labute approximate surface area is 125 Å². The normalized spacial score (nSPS) is 11.1. The average Bonchev–Trinajstić information content (AvgIpc) is 3.02. The molecule has 7 heteroatoms. The zero-order chi connectivity index (χ0) is 15.7. The molecule has 22 heavy (non-hydrogen) atoms. The highest BCUT2D eigenvalue weighted by atomic mass is 16.3. The van der Waals surface area contributed by atoms with Gasteiger partial charge in [0.1, 0.15) is 5.75 Å². The van der Waals surface area contributed by atoms with E-state index in [2.05, 4.69) is 4.98 Å². The Bertz CT molecular complexity index is 922. The molecule has 0 aliphatic carbocycles. The number of phenols is 1. The summed E-state index contributed by atoms with van der Waals surface area (Å²) in [4.78, 5) is 28.7. The third-order valence-corrected chi connectivity index (χ3v) is 3.69. The van der Waals surface area contributed by atoms with Gasteiger partial charge in [-0.1, -0.05) is 0 Å². The van der Waals surface area contributed by atoms with E-state index < -0.39 is 0 Å². The first-order valence-electron chi connectivity index (χ1n) is 6.96. The second kappa shape index (κ2) is 5.51. The standard InChI is InChI=1S/C15H16N4O3/c1-17-13-4-3-11(20)9-12(13)14(21)19(15(17)22)7-2-6-18-8-5-16-10-18/h3-5,8-10,20H,2,6-7H2,1H3. The molecule has 1 N–H and O–H groups in total. The molecule has 0 saturated carbocycles. The maximum atomic E-state index is 12.5. The van der Waals surface area contributed by atoms with E-state index in [-0.39, 0.29) is 17.0 Å². The summed E-state index contributed by atoms with van der Waals surface area (Å²) < 4.78 is 4.52. The van der Waals surface area contributed by atoms with Crippen LogP contribution in [0.1, 0.15) is 6.42 Å². The number of imidazole rings is 1. The van der Waals surface area contributed by atoms with Gasteiger partial charge in [0.2, 0.25) is 0 Å². The first-order valence-corrected chi connectivity index (χ1v) is 6.96. The number of aromatic hydroxyl groups is 1. The minimum atomic E-state index is -0.375. The fourth-order valence-electron chi connectivity index (χ4n) is 2.53. The highest BCUT2D eigenvalue weighted by Gasteiger charge is 2.11. The number of aromatic nitrogens is 4. The molecule has 7 nitrogen and oxygen atoms in total. The van der Waals surface area contributed by atoms with Gasteiger partial charge in [0.25, 0.3) is 5.56 Å². The number of aryl methyl sites for hydroxylation is 2. The highest BCUT2D eigenvalue weighted by Crippen LogP contribution is 2.15. The monoisotopic (exact) mass is 300 g/mol. The largest absolute Gasteiger partial charge is 0.508 e. The summed E-state index contributed by atoms with van der Waals surface area (Å²) in [5.41, 5.74) is -0.216. The summed E-state index contributed by atoms with van der Waals surface area (Å²) >= 11 is 0. The molecule has 0 saturated heterocycles. The van der Waals surface area contributed by atoms with Gasteiger partial charge >= 0.3 is 5.69 Å². The van der Waals surface area contributed by atoms with Crippen molar-refractivity contribution in [2.45, 2.75) is 19.5 Å². The van der Waals surface area contributed by atoms with E-state index in [0.717, 1.165) is 0 Å². The van der Waals surface area contributed by atoms with Crippen molar-refractivity contribution in [2.24, 2.45) is 7.05 Å². The Morgan fingerprint density at radius 1 is 1.23 bits per heavy atom. The summed E-state index contributed by atoms with van der Waals surface area (Å²) in [7, 11) is 1.62.